The van der Waals surface area contributed by atoms with Gasteiger partial charge in [-0.05, 0) is 55.5 Å². The highest BCUT2D eigenvalue weighted by molar-refractivity contribution is 7.92. The molecule has 1 amide bonds. The monoisotopic (exact) mass is 466 g/mol. The maximum atomic E-state index is 13.1. The van der Waals surface area contributed by atoms with Crippen molar-refractivity contribution in [2.45, 2.75) is 11.8 Å². The van der Waals surface area contributed by atoms with Crippen LogP contribution < -0.4 is 19.5 Å². The minimum absolute atomic E-state index is 0.122. The number of benzene rings is 3. The number of carbonyl (C=O) groups is 1. The predicted molar refractivity (Wildman–Crippen MR) is 125 cm³/mol. The number of hydrogen-bond acceptors (Lipinski definition) is 6. The minimum Gasteiger partial charge on any atom is -0.495 e. The molecule has 10 heteroatoms. The summed E-state index contributed by atoms with van der Waals surface area (Å²) in [6.07, 6.45) is 0. The summed E-state index contributed by atoms with van der Waals surface area (Å²) < 4.78 is 39.3. The van der Waals surface area contributed by atoms with E-state index in [0.29, 0.717) is 23.4 Å². The van der Waals surface area contributed by atoms with Crippen LogP contribution in [0, 0.1) is 0 Å². The molecule has 0 atom stereocenters. The predicted octanol–water partition coefficient (Wildman–Crippen LogP) is 4.02. The molecule has 1 aromatic heterocycles. The number of para-hydroxylation sites is 1. The van der Waals surface area contributed by atoms with Gasteiger partial charge in [-0.15, -0.1) is 0 Å². The molecule has 0 saturated carbocycles. The molecule has 0 unspecified atom stereocenters. The van der Waals surface area contributed by atoms with Gasteiger partial charge in [-0.3, -0.25) is 14.6 Å². The Morgan fingerprint density at radius 3 is 2.48 bits per heavy atom. The second-order valence-electron chi connectivity index (χ2n) is 7.00. The molecule has 0 fully saturated rings. The van der Waals surface area contributed by atoms with Gasteiger partial charge in [0.1, 0.15) is 16.4 Å². The van der Waals surface area contributed by atoms with E-state index < -0.39 is 15.9 Å². The Balaban J connectivity index is 1.60. The average molecular weight is 467 g/mol. The van der Waals surface area contributed by atoms with Crippen molar-refractivity contribution in [2.24, 2.45) is 0 Å². The Kier molecular flexibility index (Phi) is 6.18. The van der Waals surface area contributed by atoms with Crippen molar-refractivity contribution in [3.05, 3.63) is 72.4 Å². The van der Waals surface area contributed by atoms with Gasteiger partial charge < -0.3 is 14.8 Å². The average Bonchev–Trinajstić information content (AvgIpc) is 3.25. The number of ether oxygens (including phenoxy) is 2. The second kappa shape index (κ2) is 9.21. The standard InChI is InChI=1S/C23H22N4O5S/c1-3-32-17-11-8-15(9-12-17)27-33(29,30)21-14-16(10-13-20(21)31-2)24-23(28)22-18-6-4-5-7-19(18)25-26-22/h4-14,27H,3H2,1-2H3,(H,24,28)(H,25,26). The lowest BCUT2D eigenvalue weighted by Gasteiger charge is -2.14. The summed E-state index contributed by atoms with van der Waals surface area (Å²) in [6.45, 7) is 2.37. The fourth-order valence-corrected chi connectivity index (χ4v) is 4.54. The van der Waals surface area contributed by atoms with E-state index in [-0.39, 0.29) is 22.0 Å². The maximum absolute atomic E-state index is 13.1. The van der Waals surface area contributed by atoms with Gasteiger partial charge >= 0.3 is 0 Å². The lowest BCUT2D eigenvalue weighted by atomic mass is 10.2. The van der Waals surface area contributed by atoms with Crippen LogP contribution in [0.2, 0.25) is 0 Å². The fourth-order valence-electron chi connectivity index (χ4n) is 3.29. The number of nitrogens with zero attached hydrogens (tertiary/aromatic N) is 1. The van der Waals surface area contributed by atoms with Crippen molar-refractivity contribution in [3.8, 4) is 11.5 Å². The van der Waals surface area contributed by atoms with Crippen LogP contribution in [0.15, 0.2) is 71.6 Å². The first-order chi connectivity index (χ1) is 15.9. The van der Waals surface area contributed by atoms with E-state index in [0.717, 1.165) is 5.52 Å². The van der Waals surface area contributed by atoms with Crippen molar-refractivity contribution in [1.29, 1.82) is 0 Å². The third kappa shape index (κ3) is 4.75. The molecule has 0 aliphatic rings. The topological polar surface area (TPSA) is 122 Å². The van der Waals surface area contributed by atoms with Gasteiger partial charge in [0.05, 0.1) is 19.2 Å². The third-order valence-corrected chi connectivity index (χ3v) is 6.22. The summed E-state index contributed by atoms with van der Waals surface area (Å²) in [5.41, 5.74) is 1.57. The zero-order valence-electron chi connectivity index (χ0n) is 18.0. The molecule has 0 saturated heterocycles. The van der Waals surface area contributed by atoms with Gasteiger partial charge in [0.25, 0.3) is 15.9 Å². The number of carbonyl (C=O) groups excluding carboxylic acids is 1. The second-order valence-corrected chi connectivity index (χ2v) is 8.65. The number of anilines is 2. The number of hydrogen-bond donors (Lipinski definition) is 3. The van der Waals surface area contributed by atoms with Crippen molar-refractivity contribution in [1.82, 2.24) is 10.2 Å². The molecule has 0 aliphatic heterocycles. The number of sulfonamides is 1. The molecule has 1 heterocycles. The number of aromatic nitrogens is 2. The molecule has 4 aromatic rings. The van der Waals surface area contributed by atoms with Crippen LogP contribution >= 0.6 is 0 Å². The normalized spacial score (nSPS) is 11.2. The summed E-state index contributed by atoms with van der Waals surface area (Å²) in [6, 6.07) is 18.1. The summed E-state index contributed by atoms with van der Waals surface area (Å²) in [5, 5.41) is 10.2. The molecular weight excluding hydrogens is 444 g/mol. The highest BCUT2D eigenvalue weighted by Crippen LogP contribution is 2.30. The van der Waals surface area contributed by atoms with Gasteiger partial charge in [-0.2, -0.15) is 5.10 Å². The van der Waals surface area contributed by atoms with Gasteiger partial charge in [0.2, 0.25) is 0 Å². The van der Waals surface area contributed by atoms with E-state index in [2.05, 4.69) is 20.2 Å². The lowest BCUT2D eigenvalue weighted by Crippen LogP contribution is -2.16. The number of aromatic amines is 1. The van der Waals surface area contributed by atoms with Gasteiger partial charge in [-0.1, -0.05) is 18.2 Å². The zero-order chi connectivity index (χ0) is 23.4. The Morgan fingerprint density at radius 1 is 1.03 bits per heavy atom. The van der Waals surface area contributed by atoms with E-state index in [9.17, 15) is 13.2 Å². The Morgan fingerprint density at radius 2 is 1.76 bits per heavy atom. The molecule has 9 nitrogen and oxygen atoms in total. The molecule has 0 bridgehead atoms. The van der Waals surface area contributed by atoms with Crippen LogP contribution in [0.25, 0.3) is 10.9 Å². The molecule has 4 rings (SSSR count). The first kappa shape index (κ1) is 22.2. The van der Waals surface area contributed by atoms with Gasteiger partial charge in [-0.25, -0.2) is 8.42 Å². The van der Waals surface area contributed by atoms with Crippen molar-refractivity contribution in [3.63, 3.8) is 0 Å². The van der Waals surface area contributed by atoms with Gasteiger partial charge in [0.15, 0.2) is 5.69 Å². The number of methoxy groups -OCH3 is 1. The molecule has 0 aliphatic carbocycles. The van der Waals surface area contributed by atoms with Crippen LogP contribution in [0.5, 0.6) is 11.5 Å². The summed E-state index contributed by atoms with van der Waals surface area (Å²) >= 11 is 0. The van der Waals surface area contributed by atoms with Crippen LogP contribution in [-0.4, -0.2) is 38.2 Å². The highest BCUT2D eigenvalue weighted by Gasteiger charge is 2.22. The van der Waals surface area contributed by atoms with Crippen LogP contribution in [0.4, 0.5) is 11.4 Å². The largest absolute Gasteiger partial charge is 0.495 e. The summed E-state index contributed by atoms with van der Waals surface area (Å²) in [4.78, 5) is 12.7. The van der Waals surface area contributed by atoms with Crippen molar-refractivity contribution >= 4 is 38.2 Å². The third-order valence-electron chi connectivity index (χ3n) is 4.81. The van der Waals surface area contributed by atoms with E-state index in [1.807, 2.05) is 19.1 Å². The summed E-state index contributed by atoms with van der Waals surface area (Å²) in [7, 11) is -2.64. The number of amides is 1. The Hall–Kier alpha value is -4.05. The smallest absolute Gasteiger partial charge is 0.276 e. The molecule has 3 N–H and O–H groups in total. The van der Waals surface area contributed by atoms with Crippen LogP contribution in [0.3, 0.4) is 0 Å². The van der Waals surface area contributed by atoms with E-state index in [1.54, 1.807) is 42.5 Å². The molecule has 33 heavy (non-hydrogen) atoms. The van der Waals surface area contributed by atoms with E-state index in [1.165, 1.54) is 19.2 Å². The highest BCUT2D eigenvalue weighted by atomic mass is 32.2. The quantitative estimate of drug-likeness (QED) is 0.360. The lowest BCUT2D eigenvalue weighted by molar-refractivity contribution is 0.102. The first-order valence-corrected chi connectivity index (χ1v) is 11.6. The fraction of sp³-hybridized carbons (Fsp3) is 0.130. The number of nitrogens with one attached hydrogen (secondary N) is 3. The molecule has 170 valence electrons. The zero-order valence-corrected chi connectivity index (χ0v) is 18.8. The van der Waals surface area contributed by atoms with Crippen molar-refractivity contribution < 1.29 is 22.7 Å². The number of rotatable bonds is 8. The maximum Gasteiger partial charge on any atom is 0.276 e. The van der Waals surface area contributed by atoms with E-state index >= 15 is 0 Å². The molecule has 3 aromatic carbocycles. The SMILES string of the molecule is CCOc1ccc(NS(=O)(=O)c2cc(NC(=O)c3n[nH]c4ccccc34)ccc2OC)cc1. The van der Waals surface area contributed by atoms with Crippen molar-refractivity contribution in [2.75, 3.05) is 23.8 Å². The molecule has 0 spiro atoms. The minimum atomic E-state index is -4.02. The first-order valence-electron chi connectivity index (χ1n) is 10.1. The Bertz CT molecular complexity index is 1400. The number of H-pyrrole nitrogens is 1. The van der Waals surface area contributed by atoms with E-state index in [4.69, 9.17) is 9.47 Å². The van der Waals surface area contributed by atoms with Crippen LogP contribution in [-0.2, 0) is 10.0 Å². The van der Waals surface area contributed by atoms with Gasteiger partial charge in [0, 0.05) is 16.8 Å². The summed E-state index contributed by atoms with van der Waals surface area (Å²) in [5.74, 6) is 0.297. The Labute approximate surface area is 190 Å². The number of fused-ring (bicyclic) bond motifs is 1. The van der Waals surface area contributed by atoms with Crippen LogP contribution in [0.1, 0.15) is 17.4 Å². The molecular formula is C23H22N4O5S. The molecule has 0 radical (unpaired) electrons.